The molecule has 0 spiro atoms. The third kappa shape index (κ3) is 4.55. The maximum absolute atomic E-state index is 5.56. The summed E-state index contributed by atoms with van der Waals surface area (Å²) in [5, 5.41) is 3.58. The second kappa shape index (κ2) is 8.15. The van der Waals surface area contributed by atoms with Gasteiger partial charge < -0.3 is 10.1 Å². The smallest absolute Gasteiger partial charge is 0.137 e. The van der Waals surface area contributed by atoms with Gasteiger partial charge in [-0.25, -0.2) is 0 Å². The molecule has 0 aliphatic heterocycles. The molecule has 2 aromatic rings. The number of halogens is 1. The Balaban J connectivity index is 2.33. The first-order valence-corrected chi connectivity index (χ1v) is 8.10. The molecule has 1 aromatic carbocycles. The van der Waals surface area contributed by atoms with Crippen LogP contribution in [0.3, 0.4) is 0 Å². The summed E-state index contributed by atoms with van der Waals surface area (Å²) in [5.74, 6) is 0.813. The van der Waals surface area contributed by atoms with E-state index >= 15 is 0 Å². The number of nitrogens with one attached hydrogen (secondary N) is 1. The van der Waals surface area contributed by atoms with Gasteiger partial charge in [0.05, 0.1) is 18.8 Å². The molecule has 3 nitrogen and oxygen atoms in total. The molecule has 0 bridgehead atoms. The fraction of sp³-hybridized carbons (Fsp3) is 0.353. The van der Waals surface area contributed by atoms with E-state index in [1.165, 1.54) is 5.56 Å². The summed E-state index contributed by atoms with van der Waals surface area (Å²) in [6, 6.07) is 10.5. The molecule has 1 aromatic heterocycles. The molecule has 1 unspecified atom stereocenters. The molecular weight excluding hydrogens is 328 g/mol. The van der Waals surface area contributed by atoms with Crippen molar-refractivity contribution in [1.29, 1.82) is 0 Å². The van der Waals surface area contributed by atoms with Crippen molar-refractivity contribution < 1.29 is 4.74 Å². The Morgan fingerprint density at radius 1 is 1.19 bits per heavy atom. The first-order valence-electron chi connectivity index (χ1n) is 7.31. The quantitative estimate of drug-likeness (QED) is 0.808. The van der Waals surface area contributed by atoms with Gasteiger partial charge in [-0.05, 0) is 49.2 Å². The van der Waals surface area contributed by atoms with Crippen LogP contribution in [0, 0.1) is 0 Å². The van der Waals surface area contributed by atoms with Gasteiger partial charge in [0.25, 0.3) is 0 Å². The van der Waals surface area contributed by atoms with Crippen molar-refractivity contribution in [2.45, 2.75) is 26.3 Å². The SMILES string of the molecule is CCCNC(c1cccc(Br)c1)c1cncc(OCC)c1. The minimum atomic E-state index is 0.121. The van der Waals surface area contributed by atoms with E-state index in [1.54, 1.807) is 6.20 Å². The molecule has 4 heteroatoms. The zero-order chi connectivity index (χ0) is 15.1. The van der Waals surface area contributed by atoms with Crippen LogP contribution in [-0.2, 0) is 0 Å². The zero-order valence-electron chi connectivity index (χ0n) is 12.5. The lowest BCUT2D eigenvalue weighted by molar-refractivity contribution is 0.338. The molecule has 1 N–H and O–H groups in total. The average molecular weight is 349 g/mol. The molecule has 2 rings (SSSR count). The molecule has 0 aliphatic rings. The Labute approximate surface area is 134 Å². The Bertz CT molecular complexity index is 574. The number of aromatic nitrogens is 1. The van der Waals surface area contributed by atoms with E-state index in [-0.39, 0.29) is 6.04 Å². The van der Waals surface area contributed by atoms with Crippen LogP contribution >= 0.6 is 15.9 Å². The maximum atomic E-state index is 5.56. The van der Waals surface area contributed by atoms with E-state index in [0.29, 0.717) is 6.61 Å². The lowest BCUT2D eigenvalue weighted by atomic mass is 10.00. The second-order valence-electron chi connectivity index (χ2n) is 4.83. The summed E-state index contributed by atoms with van der Waals surface area (Å²) in [6.45, 7) is 5.75. The topological polar surface area (TPSA) is 34.2 Å². The molecule has 0 fully saturated rings. The molecule has 112 valence electrons. The normalized spacial score (nSPS) is 12.1. The molecule has 21 heavy (non-hydrogen) atoms. The van der Waals surface area contributed by atoms with Gasteiger partial charge in [-0.3, -0.25) is 4.98 Å². The fourth-order valence-corrected chi connectivity index (χ4v) is 2.66. The van der Waals surface area contributed by atoms with Crippen LogP contribution in [0.2, 0.25) is 0 Å². The molecule has 0 saturated heterocycles. The van der Waals surface area contributed by atoms with Crippen LogP contribution in [0.5, 0.6) is 5.75 Å². The van der Waals surface area contributed by atoms with Crippen LogP contribution in [0.1, 0.15) is 37.4 Å². The number of ether oxygens (including phenoxy) is 1. The van der Waals surface area contributed by atoms with Gasteiger partial charge in [0.2, 0.25) is 0 Å². The van der Waals surface area contributed by atoms with Crippen molar-refractivity contribution in [3.63, 3.8) is 0 Å². The number of benzene rings is 1. The van der Waals surface area contributed by atoms with Crippen LogP contribution in [0.4, 0.5) is 0 Å². The molecule has 0 radical (unpaired) electrons. The molecule has 0 aliphatic carbocycles. The monoisotopic (exact) mass is 348 g/mol. The van der Waals surface area contributed by atoms with Gasteiger partial charge in [0.1, 0.15) is 5.75 Å². The summed E-state index contributed by atoms with van der Waals surface area (Å²) in [6.07, 6.45) is 4.74. The lowest BCUT2D eigenvalue weighted by Crippen LogP contribution is -2.23. The van der Waals surface area contributed by atoms with Crippen molar-refractivity contribution >= 4 is 15.9 Å². The maximum Gasteiger partial charge on any atom is 0.137 e. The van der Waals surface area contributed by atoms with Crippen molar-refractivity contribution in [3.05, 3.63) is 58.3 Å². The fourth-order valence-electron chi connectivity index (χ4n) is 2.24. The Kier molecular flexibility index (Phi) is 6.21. The molecule has 1 heterocycles. The van der Waals surface area contributed by atoms with Crippen LogP contribution in [-0.4, -0.2) is 18.1 Å². The predicted octanol–water partition coefficient (Wildman–Crippen LogP) is 4.33. The zero-order valence-corrected chi connectivity index (χ0v) is 14.1. The highest BCUT2D eigenvalue weighted by molar-refractivity contribution is 9.10. The standard InChI is InChI=1S/C17H21BrN2O/c1-3-8-20-17(13-6-5-7-15(18)9-13)14-10-16(21-4-2)12-19-11-14/h5-7,9-12,17,20H,3-4,8H2,1-2H3. The molecule has 0 saturated carbocycles. The summed E-state index contributed by atoms with van der Waals surface area (Å²) in [4.78, 5) is 4.30. The van der Waals surface area contributed by atoms with Gasteiger partial charge >= 0.3 is 0 Å². The molecular formula is C17H21BrN2O. The van der Waals surface area contributed by atoms with E-state index in [9.17, 15) is 0 Å². The highest BCUT2D eigenvalue weighted by Crippen LogP contribution is 2.26. The van der Waals surface area contributed by atoms with E-state index in [1.807, 2.05) is 19.2 Å². The average Bonchev–Trinajstić information content (AvgIpc) is 2.49. The third-order valence-corrected chi connectivity index (χ3v) is 3.65. The minimum Gasteiger partial charge on any atom is -0.492 e. The Morgan fingerprint density at radius 2 is 2.05 bits per heavy atom. The molecule has 0 amide bonds. The Hall–Kier alpha value is -1.39. The number of hydrogen-bond donors (Lipinski definition) is 1. The highest BCUT2D eigenvalue weighted by Gasteiger charge is 2.14. The van der Waals surface area contributed by atoms with Gasteiger partial charge in [-0.15, -0.1) is 0 Å². The largest absolute Gasteiger partial charge is 0.492 e. The van der Waals surface area contributed by atoms with Gasteiger partial charge in [0.15, 0.2) is 0 Å². The summed E-state index contributed by atoms with van der Waals surface area (Å²) >= 11 is 3.54. The number of nitrogens with zero attached hydrogens (tertiary/aromatic N) is 1. The van der Waals surface area contributed by atoms with E-state index in [2.05, 4.69) is 57.4 Å². The summed E-state index contributed by atoms with van der Waals surface area (Å²) < 4.78 is 6.64. The predicted molar refractivity (Wildman–Crippen MR) is 89.7 cm³/mol. The number of hydrogen-bond acceptors (Lipinski definition) is 3. The van der Waals surface area contributed by atoms with Crippen LogP contribution in [0.25, 0.3) is 0 Å². The number of pyridine rings is 1. The minimum absolute atomic E-state index is 0.121. The van der Waals surface area contributed by atoms with E-state index in [0.717, 1.165) is 28.8 Å². The summed E-state index contributed by atoms with van der Waals surface area (Å²) in [7, 11) is 0. The first kappa shape index (κ1) is 16.0. The van der Waals surface area contributed by atoms with Crippen molar-refractivity contribution in [2.24, 2.45) is 0 Å². The lowest BCUT2D eigenvalue weighted by Gasteiger charge is -2.20. The van der Waals surface area contributed by atoms with Gasteiger partial charge in [0, 0.05) is 10.7 Å². The van der Waals surface area contributed by atoms with Crippen LogP contribution < -0.4 is 10.1 Å². The van der Waals surface area contributed by atoms with Crippen molar-refractivity contribution in [1.82, 2.24) is 10.3 Å². The first-order chi connectivity index (χ1) is 10.2. The van der Waals surface area contributed by atoms with Gasteiger partial charge in [-0.2, -0.15) is 0 Å². The van der Waals surface area contributed by atoms with E-state index < -0.39 is 0 Å². The summed E-state index contributed by atoms with van der Waals surface area (Å²) in [5.41, 5.74) is 2.33. The van der Waals surface area contributed by atoms with E-state index in [4.69, 9.17) is 4.74 Å². The Morgan fingerprint density at radius 3 is 2.76 bits per heavy atom. The van der Waals surface area contributed by atoms with Crippen LogP contribution in [0.15, 0.2) is 47.2 Å². The van der Waals surface area contributed by atoms with Crippen molar-refractivity contribution in [3.8, 4) is 5.75 Å². The third-order valence-electron chi connectivity index (χ3n) is 3.16. The number of rotatable bonds is 7. The second-order valence-corrected chi connectivity index (χ2v) is 5.74. The van der Waals surface area contributed by atoms with Gasteiger partial charge in [-0.1, -0.05) is 35.0 Å². The van der Waals surface area contributed by atoms with Crippen molar-refractivity contribution in [2.75, 3.05) is 13.2 Å². The highest BCUT2D eigenvalue weighted by atomic mass is 79.9. The molecule has 1 atom stereocenters.